The number of hydrogen-bond acceptors (Lipinski definition) is 5. The third-order valence-electron chi connectivity index (χ3n) is 8.55. The Balaban J connectivity index is 1.11. The van der Waals surface area contributed by atoms with Gasteiger partial charge in [-0.2, -0.15) is 13.2 Å². The van der Waals surface area contributed by atoms with E-state index in [1.165, 1.54) is 12.3 Å². The SMILES string of the molecule is O=C(c1ccc(-c2ccc(OCC3CCN(CC4(C(F)(F)F)CCC4)CC3)c(F)c2)cn1)N1CCC[C@@H](O)C1. The van der Waals surface area contributed by atoms with E-state index in [1.807, 2.05) is 4.90 Å². The molecule has 1 atom stereocenters. The molecule has 0 bridgehead atoms. The van der Waals surface area contributed by atoms with Gasteiger partial charge in [0, 0.05) is 31.4 Å². The second-order valence-corrected chi connectivity index (χ2v) is 11.3. The molecular weight excluding hydrogens is 514 g/mol. The van der Waals surface area contributed by atoms with E-state index in [9.17, 15) is 27.5 Å². The fourth-order valence-electron chi connectivity index (χ4n) is 5.87. The fraction of sp³-hybridized carbons (Fsp3) is 0.586. The zero-order chi connectivity index (χ0) is 27.6. The Labute approximate surface area is 226 Å². The summed E-state index contributed by atoms with van der Waals surface area (Å²) in [5.74, 6) is -0.442. The quantitative estimate of drug-likeness (QED) is 0.475. The van der Waals surface area contributed by atoms with Crippen molar-refractivity contribution in [2.75, 3.05) is 39.3 Å². The molecule has 1 aliphatic carbocycles. The van der Waals surface area contributed by atoms with Gasteiger partial charge in [-0.15, -0.1) is 0 Å². The molecule has 39 heavy (non-hydrogen) atoms. The molecular formula is C29H35F4N3O3. The molecule has 10 heteroatoms. The van der Waals surface area contributed by atoms with Gasteiger partial charge in [0.1, 0.15) is 5.69 Å². The average molecular weight is 550 g/mol. The van der Waals surface area contributed by atoms with Crippen molar-refractivity contribution >= 4 is 5.91 Å². The van der Waals surface area contributed by atoms with Crippen molar-refractivity contribution in [2.45, 2.75) is 57.2 Å². The van der Waals surface area contributed by atoms with Gasteiger partial charge >= 0.3 is 6.18 Å². The maximum Gasteiger partial charge on any atom is 0.395 e. The maximum absolute atomic E-state index is 14.8. The Kier molecular flexibility index (Phi) is 8.14. The number of likely N-dealkylation sites (tertiary alicyclic amines) is 2. The molecule has 1 N–H and O–H groups in total. The Bertz CT molecular complexity index is 1150. The summed E-state index contributed by atoms with van der Waals surface area (Å²) in [6, 6.07) is 7.99. The van der Waals surface area contributed by atoms with Crippen molar-refractivity contribution in [3.8, 4) is 16.9 Å². The van der Waals surface area contributed by atoms with Crippen LogP contribution in [0.5, 0.6) is 5.75 Å². The first-order chi connectivity index (χ1) is 18.6. The van der Waals surface area contributed by atoms with Gasteiger partial charge in [0.2, 0.25) is 0 Å². The van der Waals surface area contributed by atoms with Gasteiger partial charge in [0.15, 0.2) is 11.6 Å². The number of carbonyl (C=O) groups is 1. The summed E-state index contributed by atoms with van der Waals surface area (Å²) in [6.45, 7) is 2.47. The summed E-state index contributed by atoms with van der Waals surface area (Å²) in [4.78, 5) is 20.4. The number of pyridine rings is 1. The number of piperidine rings is 2. The number of aliphatic hydroxyl groups is 1. The van der Waals surface area contributed by atoms with E-state index in [2.05, 4.69) is 4.98 Å². The lowest BCUT2D eigenvalue weighted by Gasteiger charge is -2.47. The number of amides is 1. The van der Waals surface area contributed by atoms with Crippen LogP contribution in [-0.4, -0.2) is 77.4 Å². The molecule has 1 amide bonds. The smallest absolute Gasteiger partial charge is 0.395 e. The molecule has 0 radical (unpaired) electrons. The number of nitrogens with zero attached hydrogens (tertiary/aromatic N) is 3. The molecule has 0 unspecified atom stereocenters. The van der Waals surface area contributed by atoms with Crippen LogP contribution < -0.4 is 4.74 Å². The first-order valence-electron chi connectivity index (χ1n) is 13.8. The van der Waals surface area contributed by atoms with Crippen molar-refractivity contribution in [1.82, 2.24) is 14.8 Å². The molecule has 1 aromatic heterocycles. The summed E-state index contributed by atoms with van der Waals surface area (Å²) in [7, 11) is 0. The van der Waals surface area contributed by atoms with Crippen LogP contribution in [0.25, 0.3) is 11.1 Å². The number of carbonyl (C=O) groups excluding carboxylic acids is 1. The van der Waals surface area contributed by atoms with E-state index >= 15 is 0 Å². The van der Waals surface area contributed by atoms with Crippen molar-refractivity contribution in [2.24, 2.45) is 11.3 Å². The van der Waals surface area contributed by atoms with Crippen molar-refractivity contribution in [1.29, 1.82) is 0 Å². The molecule has 2 saturated heterocycles. The van der Waals surface area contributed by atoms with Gasteiger partial charge in [0.25, 0.3) is 5.91 Å². The number of ether oxygens (including phenoxy) is 1. The van der Waals surface area contributed by atoms with Crippen LogP contribution in [0.4, 0.5) is 17.6 Å². The highest BCUT2D eigenvalue weighted by atomic mass is 19.4. The minimum atomic E-state index is -4.15. The zero-order valence-electron chi connectivity index (χ0n) is 21.9. The number of hydrogen-bond donors (Lipinski definition) is 1. The first kappa shape index (κ1) is 27.8. The molecule has 6 nitrogen and oxygen atoms in total. The van der Waals surface area contributed by atoms with Gasteiger partial charge in [-0.05, 0) is 81.3 Å². The zero-order valence-corrected chi connectivity index (χ0v) is 21.9. The third-order valence-corrected chi connectivity index (χ3v) is 8.55. The Morgan fingerprint density at radius 1 is 1.05 bits per heavy atom. The van der Waals surface area contributed by atoms with E-state index in [-0.39, 0.29) is 42.7 Å². The highest BCUT2D eigenvalue weighted by Gasteiger charge is 2.58. The van der Waals surface area contributed by atoms with Gasteiger partial charge in [-0.3, -0.25) is 9.78 Å². The lowest BCUT2D eigenvalue weighted by Crippen LogP contribution is -2.53. The number of β-amino-alcohol motifs (C(OH)–C–C–N with tert-alkyl or cyclic N) is 1. The lowest BCUT2D eigenvalue weighted by atomic mass is 9.67. The second-order valence-electron chi connectivity index (χ2n) is 11.3. The summed E-state index contributed by atoms with van der Waals surface area (Å²) in [5, 5.41) is 9.81. The van der Waals surface area contributed by atoms with Crippen molar-refractivity contribution < 1.29 is 32.2 Å². The normalized spacial score (nSPS) is 22.4. The third kappa shape index (κ3) is 6.22. The molecule has 2 aromatic rings. The number of benzene rings is 1. The molecule has 3 fully saturated rings. The molecule has 0 spiro atoms. The second kappa shape index (κ2) is 11.4. The van der Waals surface area contributed by atoms with Crippen LogP contribution in [0.3, 0.4) is 0 Å². The molecule has 1 aromatic carbocycles. The number of halogens is 4. The Morgan fingerprint density at radius 3 is 2.38 bits per heavy atom. The molecule has 1 saturated carbocycles. The average Bonchev–Trinajstić information content (AvgIpc) is 2.89. The maximum atomic E-state index is 14.8. The van der Waals surface area contributed by atoms with Gasteiger partial charge in [-0.25, -0.2) is 4.39 Å². The Hall–Kier alpha value is -2.72. The van der Waals surface area contributed by atoms with E-state index in [4.69, 9.17) is 4.74 Å². The number of alkyl halides is 3. The van der Waals surface area contributed by atoms with E-state index in [1.54, 1.807) is 29.2 Å². The topological polar surface area (TPSA) is 65.9 Å². The van der Waals surface area contributed by atoms with Crippen LogP contribution in [0.1, 0.15) is 55.4 Å². The monoisotopic (exact) mass is 549 g/mol. The van der Waals surface area contributed by atoms with Crippen LogP contribution in [0.15, 0.2) is 36.5 Å². The van der Waals surface area contributed by atoms with Crippen molar-refractivity contribution in [3.63, 3.8) is 0 Å². The standard InChI is InChI=1S/C29H35F4N3O3/c30-24-15-21(22-4-6-25(34-16-22)27(38)36-12-1-3-23(37)17-36)5-7-26(24)39-18-20-8-13-35(14-9-20)19-28(10-2-11-28)29(31,32)33/h4-7,15-16,20,23,37H,1-3,8-14,17-19H2/t23-/m1/s1. The van der Waals surface area contributed by atoms with Gasteiger partial charge in [0.05, 0.1) is 18.1 Å². The highest BCUT2D eigenvalue weighted by molar-refractivity contribution is 5.92. The fourth-order valence-corrected chi connectivity index (χ4v) is 5.87. The van der Waals surface area contributed by atoms with Crippen molar-refractivity contribution in [3.05, 3.63) is 48.0 Å². The number of aromatic nitrogens is 1. The van der Waals surface area contributed by atoms with Crippen LogP contribution in [-0.2, 0) is 0 Å². The summed E-state index contributed by atoms with van der Waals surface area (Å²) in [5.41, 5.74) is -0.00179. The van der Waals surface area contributed by atoms with E-state index in [0.717, 1.165) is 19.3 Å². The van der Waals surface area contributed by atoms with E-state index in [0.29, 0.717) is 56.8 Å². The highest BCUT2D eigenvalue weighted by Crippen LogP contribution is 2.53. The number of aliphatic hydroxyl groups excluding tert-OH is 1. The minimum Gasteiger partial charge on any atom is -0.490 e. The largest absolute Gasteiger partial charge is 0.490 e. The minimum absolute atomic E-state index is 0.0749. The van der Waals surface area contributed by atoms with Crippen LogP contribution in [0, 0.1) is 17.2 Å². The van der Waals surface area contributed by atoms with Gasteiger partial charge < -0.3 is 19.6 Å². The molecule has 212 valence electrons. The molecule has 3 aliphatic rings. The summed E-state index contributed by atoms with van der Waals surface area (Å²) < 4.78 is 61.1. The van der Waals surface area contributed by atoms with Crippen LogP contribution in [0.2, 0.25) is 0 Å². The lowest BCUT2D eigenvalue weighted by molar-refractivity contribution is -0.256. The first-order valence-corrected chi connectivity index (χ1v) is 13.8. The van der Waals surface area contributed by atoms with Crippen LogP contribution >= 0.6 is 0 Å². The number of rotatable bonds is 7. The Morgan fingerprint density at radius 2 is 1.79 bits per heavy atom. The van der Waals surface area contributed by atoms with Gasteiger partial charge in [-0.1, -0.05) is 18.6 Å². The summed E-state index contributed by atoms with van der Waals surface area (Å²) in [6.07, 6.45) is 0.828. The van der Waals surface area contributed by atoms with E-state index < -0.39 is 23.5 Å². The molecule has 5 rings (SSSR count). The molecule has 2 aliphatic heterocycles. The predicted octanol–water partition coefficient (Wildman–Crippen LogP) is 5.31. The predicted molar refractivity (Wildman–Crippen MR) is 138 cm³/mol. The molecule has 3 heterocycles. The summed E-state index contributed by atoms with van der Waals surface area (Å²) >= 11 is 0.